The molecule has 29 heavy (non-hydrogen) atoms. The first kappa shape index (κ1) is 19.3. The Morgan fingerprint density at radius 1 is 1.24 bits per heavy atom. The summed E-state index contributed by atoms with van der Waals surface area (Å²) < 4.78 is 3.62. The second-order valence-electron chi connectivity index (χ2n) is 7.47. The van der Waals surface area contributed by atoms with Gasteiger partial charge in [-0.2, -0.15) is 5.10 Å². The molecule has 0 bridgehead atoms. The van der Waals surface area contributed by atoms with Crippen LogP contribution >= 0.6 is 0 Å². The Morgan fingerprint density at radius 2 is 1.97 bits per heavy atom. The maximum Gasteiger partial charge on any atom is 0.276 e. The highest BCUT2D eigenvalue weighted by atomic mass is 16.2. The maximum atomic E-state index is 13.1. The SMILES string of the molecule is Cc1c(C(=O)N(C)[C@@H](C)c2ccc(-n3cncn3)cc2)nnn1C1CCNCC1. The van der Waals surface area contributed by atoms with Crippen molar-refractivity contribution in [3.05, 3.63) is 53.9 Å². The Morgan fingerprint density at radius 3 is 2.62 bits per heavy atom. The second kappa shape index (κ2) is 8.12. The minimum absolute atomic E-state index is 0.101. The number of piperidine rings is 1. The summed E-state index contributed by atoms with van der Waals surface area (Å²) >= 11 is 0. The standard InChI is InChI=1S/C20H26N8O/c1-14(16-4-6-17(7-5-16)27-13-22-12-23-27)26(3)20(29)19-15(2)28(25-24-19)18-8-10-21-11-9-18/h4-7,12-14,18,21H,8-11H2,1-3H3/t14-/m0/s1. The number of nitrogens with zero attached hydrogens (tertiary/aromatic N) is 7. The van der Waals surface area contributed by atoms with Gasteiger partial charge in [0.2, 0.25) is 0 Å². The smallest absolute Gasteiger partial charge is 0.276 e. The zero-order chi connectivity index (χ0) is 20.4. The van der Waals surface area contributed by atoms with Crippen LogP contribution in [0.3, 0.4) is 0 Å². The molecule has 9 heteroatoms. The first-order valence-electron chi connectivity index (χ1n) is 9.91. The molecule has 152 valence electrons. The zero-order valence-corrected chi connectivity index (χ0v) is 17.0. The van der Waals surface area contributed by atoms with Crippen molar-refractivity contribution in [1.29, 1.82) is 0 Å². The first-order valence-corrected chi connectivity index (χ1v) is 9.91. The topological polar surface area (TPSA) is 93.8 Å². The minimum atomic E-state index is -0.115. The lowest BCUT2D eigenvalue weighted by Crippen LogP contribution is -2.31. The largest absolute Gasteiger partial charge is 0.333 e. The molecule has 0 aliphatic carbocycles. The number of hydrogen-bond donors (Lipinski definition) is 1. The highest BCUT2D eigenvalue weighted by Crippen LogP contribution is 2.24. The highest BCUT2D eigenvalue weighted by Gasteiger charge is 2.27. The van der Waals surface area contributed by atoms with Gasteiger partial charge in [0, 0.05) is 7.05 Å². The van der Waals surface area contributed by atoms with Gasteiger partial charge in [0.05, 0.1) is 23.5 Å². The van der Waals surface area contributed by atoms with Crippen LogP contribution in [0, 0.1) is 6.92 Å². The molecule has 4 rings (SSSR count). The van der Waals surface area contributed by atoms with E-state index in [1.165, 1.54) is 6.33 Å². The van der Waals surface area contributed by atoms with Crippen molar-refractivity contribution in [3.63, 3.8) is 0 Å². The Hall–Kier alpha value is -3.07. The Kier molecular flexibility index (Phi) is 5.39. The third kappa shape index (κ3) is 3.77. The lowest BCUT2D eigenvalue weighted by molar-refractivity contribution is 0.0735. The molecule has 0 spiro atoms. The monoisotopic (exact) mass is 394 g/mol. The molecular weight excluding hydrogens is 368 g/mol. The van der Waals surface area contributed by atoms with Crippen LogP contribution in [0.5, 0.6) is 0 Å². The van der Waals surface area contributed by atoms with Crippen LogP contribution in [0.25, 0.3) is 5.69 Å². The maximum absolute atomic E-state index is 13.1. The van der Waals surface area contributed by atoms with E-state index in [-0.39, 0.29) is 11.9 Å². The summed E-state index contributed by atoms with van der Waals surface area (Å²) in [4.78, 5) is 18.8. The molecule has 1 aromatic carbocycles. The molecule has 1 fully saturated rings. The van der Waals surface area contributed by atoms with Gasteiger partial charge in [0.1, 0.15) is 12.7 Å². The minimum Gasteiger partial charge on any atom is -0.333 e. The predicted molar refractivity (Wildman–Crippen MR) is 108 cm³/mol. The lowest BCUT2D eigenvalue weighted by atomic mass is 10.1. The third-order valence-electron chi connectivity index (χ3n) is 5.74. The van der Waals surface area contributed by atoms with E-state index in [1.807, 2.05) is 42.8 Å². The Bertz CT molecular complexity index is 957. The number of amides is 1. The Balaban J connectivity index is 1.49. The number of aromatic nitrogens is 6. The number of nitrogens with one attached hydrogen (secondary N) is 1. The van der Waals surface area contributed by atoms with E-state index in [4.69, 9.17) is 0 Å². The fourth-order valence-electron chi connectivity index (χ4n) is 3.75. The van der Waals surface area contributed by atoms with E-state index in [0.29, 0.717) is 11.7 Å². The molecule has 3 aromatic rings. The van der Waals surface area contributed by atoms with E-state index in [1.54, 1.807) is 23.0 Å². The van der Waals surface area contributed by atoms with Crippen LogP contribution in [0.1, 0.15) is 53.6 Å². The molecular formula is C20H26N8O. The summed E-state index contributed by atoms with van der Waals surface area (Å²) in [7, 11) is 1.81. The summed E-state index contributed by atoms with van der Waals surface area (Å²) in [5.41, 5.74) is 3.22. The molecule has 1 atom stereocenters. The van der Waals surface area contributed by atoms with Crippen LogP contribution < -0.4 is 5.32 Å². The van der Waals surface area contributed by atoms with Gasteiger partial charge in [-0.25, -0.2) is 14.3 Å². The van der Waals surface area contributed by atoms with Gasteiger partial charge >= 0.3 is 0 Å². The van der Waals surface area contributed by atoms with Crippen LogP contribution in [0.15, 0.2) is 36.9 Å². The van der Waals surface area contributed by atoms with Gasteiger partial charge in [0.25, 0.3) is 5.91 Å². The molecule has 1 saturated heterocycles. The molecule has 1 aliphatic rings. The zero-order valence-electron chi connectivity index (χ0n) is 17.0. The fourth-order valence-corrected chi connectivity index (χ4v) is 3.75. The highest BCUT2D eigenvalue weighted by molar-refractivity contribution is 5.93. The molecule has 1 amide bonds. The van der Waals surface area contributed by atoms with Crippen LogP contribution in [0.2, 0.25) is 0 Å². The van der Waals surface area contributed by atoms with Crippen molar-refractivity contribution in [3.8, 4) is 5.69 Å². The average molecular weight is 394 g/mol. The van der Waals surface area contributed by atoms with E-state index < -0.39 is 0 Å². The van der Waals surface area contributed by atoms with Crippen LogP contribution in [-0.4, -0.2) is 60.7 Å². The summed E-state index contributed by atoms with van der Waals surface area (Å²) in [5.74, 6) is -0.115. The molecule has 1 N–H and O–H groups in total. The fraction of sp³-hybridized carbons (Fsp3) is 0.450. The van der Waals surface area contributed by atoms with E-state index in [9.17, 15) is 4.79 Å². The van der Waals surface area contributed by atoms with E-state index in [0.717, 1.165) is 42.9 Å². The molecule has 2 aromatic heterocycles. The molecule has 0 radical (unpaired) electrons. The normalized spacial score (nSPS) is 16.0. The molecule has 1 aliphatic heterocycles. The Labute approximate surface area is 169 Å². The number of rotatable bonds is 5. The van der Waals surface area contributed by atoms with E-state index >= 15 is 0 Å². The van der Waals surface area contributed by atoms with E-state index in [2.05, 4.69) is 25.7 Å². The summed E-state index contributed by atoms with van der Waals surface area (Å²) in [6, 6.07) is 8.15. The van der Waals surface area contributed by atoms with Gasteiger partial charge in [-0.1, -0.05) is 17.3 Å². The summed E-state index contributed by atoms with van der Waals surface area (Å²) in [5, 5.41) is 16.0. The van der Waals surface area contributed by atoms with Crippen molar-refractivity contribution in [1.82, 2.24) is 40.0 Å². The second-order valence-corrected chi connectivity index (χ2v) is 7.47. The molecule has 3 heterocycles. The molecule has 9 nitrogen and oxygen atoms in total. The number of carbonyl (C=O) groups is 1. The van der Waals surface area contributed by atoms with Crippen LogP contribution in [-0.2, 0) is 0 Å². The summed E-state index contributed by atoms with van der Waals surface area (Å²) in [6.45, 7) is 5.87. The van der Waals surface area contributed by atoms with Crippen molar-refractivity contribution in [2.24, 2.45) is 0 Å². The van der Waals surface area contributed by atoms with Crippen LogP contribution in [0.4, 0.5) is 0 Å². The van der Waals surface area contributed by atoms with Crippen molar-refractivity contribution in [2.75, 3.05) is 20.1 Å². The van der Waals surface area contributed by atoms with Gasteiger partial charge in [-0.15, -0.1) is 5.10 Å². The summed E-state index contributed by atoms with van der Waals surface area (Å²) in [6.07, 6.45) is 5.16. The van der Waals surface area contributed by atoms with Gasteiger partial charge in [-0.3, -0.25) is 4.79 Å². The van der Waals surface area contributed by atoms with Crippen molar-refractivity contribution >= 4 is 5.91 Å². The predicted octanol–water partition coefficient (Wildman–Crippen LogP) is 1.92. The number of hydrogen-bond acceptors (Lipinski definition) is 6. The quantitative estimate of drug-likeness (QED) is 0.711. The number of carbonyl (C=O) groups excluding carboxylic acids is 1. The van der Waals surface area contributed by atoms with Gasteiger partial charge in [0.15, 0.2) is 5.69 Å². The lowest BCUT2D eigenvalue weighted by Gasteiger charge is -2.25. The molecule has 0 unspecified atom stereocenters. The van der Waals surface area contributed by atoms with Gasteiger partial charge in [-0.05, 0) is 57.5 Å². The third-order valence-corrected chi connectivity index (χ3v) is 5.74. The number of benzene rings is 1. The molecule has 0 saturated carbocycles. The van der Waals surface area contributed by atoms with Crippen molar-refractivity contribution < 1.29 is 4.79 Å². The van der Waals surface area contributed by atoms with Crippen molar-refractivity contribution in [2.45, 2.75) is 38.8 Å². The first-order chi connectivity index (χ1) is 14.1. The average Bonchev–Trinajstić information content (AvgIpc) is 3.43. The van der Waals surface area contributed by atoms with Gasteiger partial charge < -0.3 is 10.2 Å².